The van der Waals surface area contributed by atoms with Crippen molar-refractivity contribution in [1.82, 2.24) is 5.32 Å². The average Bonchev–Trinajstić information content (AvgIpc) is 2.32. The lowest BCUT2D eigenvalue weighted by molar-refractivity contribution is 0.0920. The van der Waals surface area contributed by atoms with Gasteiger partial charge in [-0.3, -0.25) is 4.79 Å². The summed E-state index contributed by atoms with van der Waals surface area (Å²) in [7, 11) is 0. The minimum absolute atomic E-state index is 0.0418. The molecule has 1 saturated carbocycles. The molecule has 0 aromatic heterocycles. The predicted molar refractivity (Wildman–Crippen MR) is 71.8 cm³/mol. The molecule has 1 aromatic carbocycles. The fourth-order valence-electron chi connectivity index (χ4n) is 2.23. The van der Waals surface area contributed by atoms with E-state index in [-0.39, 0.29) is 18.0 Å². The van der Waals surface area contributed by atoms with E-state index in [0.717, 1.165) is 23.7 Å². The number of benzene rings is 1. The minimum Gasteiger partial charge on any atom is -0.348 e. The Hall–Kier alpha value is -0.870. The number of carbonyl (C=O) groups excluding carboxylic acids is 1. The number of hydrogen-bond donors (Lipinski definition) is 2. The van der Waals surface area contributed by atoms with Crippen LogP contribution in [0.3, 0.4) is 0 Å². The van der Waals surface area contributed by atoms with Crippen molar-refractivity contribution in [2.75, 3.05) is 0 Å². The van der Waals surface area contributed by atoms with Crippen LogP contribution in [0, 0.1) is 0 Å². The van der Waals surface area contributed by atoms with Crippen molar-refractivity contribution in [1.29, 1.82) is 0 Å². The maximum Gasteiger partial charge on any atom is 0.252 e. The van der Waals surface area contributed by atoms with Gasteiger partial charge < -0.3 is 11.1 Å². The van der Waals surface area contributed by atoms with Crippen LogP contribution in [0.25, 0.3) is 0 Å². The van der Waals surface area contributed by atoms with Gasteiger partial charge in [0.15, 0.2) is 0 Å². The van der Waals surface area contributed by atoms with E-state index in [1.807, 2.05) is 24.3 Å². The third-order valence-electron chi connectivity index (χ3n) is 3.25. The summed E-state index contributed by atoms with van der Waals surface area (Å²) in [4.78, 5) is 12.1. The van der Waals surface area contributed by atoms with Crippen LogP contribution in [-0.2, 0) is 0 Å². The van der Waals surface area contributed by atoms with Crippen molar-refractivity contribution in [3.05, 3.63) is 34.3 Å². The van der Waals surface area contributed by atoms with Crippen molar-refractivity contribution in [2.45, 2.75) is 37.8 Å². The maximum absolute atomic E-state index is 12.1. The smallest absolute Gasteiger partial charge is 0.252 e. The van der Waals surface area contributed by atoms with Crippen LogP contribution < -0.4 is 11.1 Å². The van der Waals surface area contributed by atoms with Gasteiger partial charge in [-0.1, -0.05) is 25.0 Å². The summed E-state index contributed by atoms with van der Waals surface area (Å²) in [5.74, 6) is -0.0418. The lowest BCUT2D eigenvalue weighted by Gasteiger charge is -2.29. The highest BCUT2D eigenvalue weighted by molar-refractivity contribution is 9.10. The summed E-state index contributed by atoms with van der Waals surface area (Å²) in [5, 5.41) is 3.03. The van der Waals surface area contributed by atoms with Crippen LogP contribution in [0.5, 0.6) is 0 Å². The molecule has 2 atom stereocenters. The van der Waals surface area contributed by atoms with E-state index < -0.39 is 0 Å². The van der Waals surface area contributed by atoms with Crippen LogP contribution in [0.15, 0.2) is 28.7 Å². The summed E-state index contributed by atoms with van der Waals surface area (Å²) >= 11 is 3.38. The molecule has 17 heavy (non-hydrogen) atoms. The van der Waals surface area contributed by atoms with Crippen molar-refractivity contribution >= 4 is 21.8 Å². The fourth-order valence-corrected chi connectivity index (χ4v) is 2.70. The van der Waals surface area contributed by atoms with Gasteiger partial charge in [0.05, 0.1) is 5.56 Å². The summed E-state index contributed by atoms with van der Waals surface area (Å²) in [6.45, 7) is 0. The Balaban J connectivity index is 2.04. The molecule has 2 rings (SSSR count). The summed E-state index contributed by atoms with van der Waals surface area (Å²) in [6, 6.07) is 7.65. The van der Waals surface area contributed by atoms with Crippen LogP contribution in [0.2, 0.25) is 0 Å². The Kier molecular flexibility index (Phi) is 4.18. The lowest BCUT2D eigenvalue weighted by atomic mass is 9.91. The topological polar surface area (TPSA) is 55.1 Å². The van der Waals surface area contributed by atoms with Gasteiger partial charge in [0, 0.05) is 16.6 Å². The van der Waals surface area contributed by atoms with Gasteiger partial charge in [0.1, 0.15) is 0 Å². The highest BCUT2D eigenvalue weighted by atomic mass is 79.9. The Morgan fingerprint density at radius 1 is 1.29 bits per heavy atom. The zero-order valence-electron chi connectivity index (χ0n) is 9.66. The van der Waals surface area contributed by atoms with Crippen molar-refractivity contribution < 1.29 is 4.79 Å². The number of halogens is 1. The maximum atomic E-state index is 12.1. The first-order valence-corrected chi connectivity index (χ1v) is 6.79. The van der Waals surface area contributed by atoms with Crippen LogP contribution in [0.1, 0.15) is 36.0 Å². The molecular weight excluding hydrogens is 280 g/mol. The summed E-state index contributed by atoms with van der Waals surface area (Å²) in [5.41, 5.74) is 6.69. The highest BCUT2D eigenvalue weighted by Gasteiger charge is 2.24. The molecule has 0 heterocycles. The molecule has 1 aliphatic rings. The average molecular weight is 297 g/mol. The predicted octanol–water partition coefficient (Wildman–Crippen LogP) is 2.45. The number of carbonyl (C=O) groups is 1. The second kappa shape index (κ2) is 5.65. The molecule has 1 aliphatic carbocycles. The first kappa shape index (κ1) is 12.6. The van der Waals surface area contributed by atoms with Crippen molar-refractivity contribution in [2.24, 2.45) is 5.73 Å². The normalized spacial score (nSPS) is 24.4. The number of amides is 1. The Morgan fingerprint density at radius 3 is 2.71 bits per heavy atom. The van der Waals surface area contributed by atoms with Gasteiger partial charge in [0.2, 0.25) is 0 Å². The molecule has 0 spiro atoms. The van der Waals surface area contributed by atoms with E-state index in [1.54, 1.807) is 0 Å². The molecule has 3 N–H and O–H groups in total. The fraction of sp³-hybridized carbons (Fsp3) is 0.462. The quantitative estimate of drug-likeness (QED) is 0.881. The van der Waals surface area contributed by atoms with E-state index in [2.05, 4.69) is 21.2 Å². The van der Waals surface area contributed by atoms with Gasteiger partial charge in [-0.2, -0.15) is 0 Å². The molecule has 3 nitrogen and oxygen atoms in total. The SMILES string of the molecule is NC1CCCCC1NC(=O)c1ccccc1Br. The molecule has 1 fully saturated rings. The number of hydrogen-bond acceptors (Lipinski definition) is 2. The zero-order valence-corrected chi connectivity index (χ0v) is 11.2. The van der Waals surface area contributed by atoms with Gasteiger partial charge in [-0.25, -0.2) is 0 Å². The second-order valence-corrected chi connectivity index (χ2v) is 5.36. The molecular formula is C13H17BrN2O. The number of nitrogens with two attached hydrogens (primary N) is 1. The first-order valence-electron chi connectivity index (χ1n) is 5.99. The molecule has 1 amide bonds. The number of rotatable bonds is 2. The van der Waals surface area contributed by atoms with E-state index in [1.165, 1.54) is 6.42 Å². The molecule has 4 heteroatoms. The molecule has 2 unspecified atom stereocenters. The summed E-state index contributed by atoms with van der Waals surface area (Å²) < 4.78 is 0.821. The van der Waals surface area contributed by atoms with Gasteiger partial charge >= 0.3 is 0 Å². The van der Waals surface area contributed by atoms with E-state index >= 15 is 0 Å². The van der Waals surface area contributed by atoms with Gasteiger partial charge in [0.25, 0.3) is 5.91 Å². The third-order valence-corrected chi connectivity index (χ3v) is 3.95. The summed E-state index contributed by atoms with van der Waals surface area (Å²) in [6.07, 6.45) is 4.30. The largest absolute Gasteiger partial charge is 0.348 e. The van der Waals surface area contributed by atoms with Crippen LogP contribution >= 0.6 is 15.9 Å². The third kappa shape index (κ3) is 3.07. The Labute approximate surface area is 110 Å². The molecule has 92 valence electrons. The van der Waals surface area contributed by atoms with E-state index in [9.17, 15) is 4.79 Å². The van der Waals surface area contributed by atoms with Gasteiger partial charge in [-0.15, -0.1) is 0 Å². The minimum atomic E-state index is -0.0418. The van der Waals surface area contributed by atoms with E-state index in [4.69, 9.17) is 5.73 Å². The zero-order chi connectivity index (χ0) is 12.3. The van der Waals surface area contributed by atoms with Crippen molar-refractivity contribution in [3.63, 3.8) is 0 Å². The highest BCUT2D eigenvalue weighted by Crippen LogP contribution is 2.19. The molecule has 0 bridgehead atoms. The van der Waals surface area contributed by atoms with Gasteiger partial charge in [-0.05, 0) is 40.9 Å². The lowest BCUT2D eigenvalue weighted by Crippen LogP contribution is -2.49. The number of nitrogens with one attached hydrogen (secondary N) is 1. The van der Waals surface area contributed by atoms with Crippen LogP contribution in [-0.4, -0.2) is 18.0 Å². The van der Waals surface area contributed by atoms with E-state index in [0.29, 0.717) is 5.56 Å². The molecule has 0 saturated heterocycles. The standard InChI is InChI=1S/C13H17BrN2O/c14-10-6-2-1-5-9(10)13(17)16-12-8-4-3-7-11(12)15/h1-2,5-6,11-12H,3-4,7-8,15H2,(H,16,17). The van der Waals surface area contributed by atoms with Crippen molar-refractivity contribution in [3.8, 4) is 0 Å². The molecule has 1 aromatic rings. The Morgan fingerprint density at radius 2 is 2.00 bits per heavy atom. The molecule has 0 aliphatic heterocycles. The Bertz CT molecular complexity index is 408. The monoisotopic (exact) mass is 296 g/mol. The second-order valence-electron chi connectivity index (χ2n) is 4.51. The first-order chi connectivity index (χ1) is 8.18. The van der Waals surface area contributed by atoms with Crippen LogP contribution in [0.4, 0.5) is 0 Å². The molecule has 0 radical (unpaired) electrons.